The molecule has 0 bridgehead atoms. The Bertz CT molecular complexity index is 932. The lowest BCUT2D eigenvalue weighted by Gasteiger charge is -2.06. The van der Waals surface area contributed by atoms with Crippen molar-refractivity contribution in [1.82, 2.24) is 9.55 Å². The quantitative estimate of drug-likeness (QED) is 0.721. The fraction of sp³-hybridized carbons (Fsp3) is 0.176. The van der Waals surface area contributed by atoms with Gasteiger partial charge in [0.15, 0.2) is 0 Å². The molecule has 3 rings (SSSR count). The second-order valence-electron chi connectivity index (χ2n) is 5.11. The Labute approximate surface area is 142 Å². The highest BCUT2D eigenvalue weighted by Gasteiger charge is 2.06. The summed E-state index contributed by atoms with van der Waals surface area (Å²) in [5.41, 5.74) is 1.14. The van der Waals surface area contributed by atoms with Gasteiger partial charge in [-0.3, -0.25) is 9.36 Å². The average molecular weight is 347 g/mol. The molecule has 0 amide bonds. The first-order valence-corrected chi connectivity index (χ1v) is 8.72. The minimum atomic E-state index is -0.360. The molecule has 23 heavy (non-hydrogen) atoms. The predicted octanol–water partition coefficient (Wildman–Crippen LogP) is 3.28. The zero-order chi connectivity index (χ0) is 16.2. The molecular formula is C17H15ClN2O2S. The minimum Gasteiger partial charge on any atom is -0.307 e. The van der Waals surface area contributed by atoms with Crippen molar-refractivity contribution >= 4 is 34.3 Å². The highest BCUT2D eigenvalue weighted by Crippen LogP contribution is 2.15. The fourth-order valence-corrected chi connectivity index (χ4v) is 3.34. The molecule has 4 nitrogen and oxygen atoms in total. The van der Waals surface area contributed by atoms with Crippen molar-refractivity contribution in [2.45, 2.75) is 12.3 Å². The number of aromatic amines is 1. The number of para-hydroxylation sites is 1. The molecule has 0 unspecified atom stereocenters. The van der Waals surface area contributed by atoms with E-state index in [4.69, 9.17) is 11.6 Å². The lowest BCUT2D eigenvalue weighted by molar-refractivity contribution is 0.691. The van der Waals surface area contributed by atoms with Gasteiger partial charge in [-0.15, -0.1) is 0 Å². The summed E-state index contributed by atoms with van der Waals surface area (Å²) in [5.74, 6) is 1.50. The number of hydrogen-bond donors (Lipinski definition) is 1. The molecule has 1 heterocycles. The van der Waals surface area contributed by atoms with E-state index in [9.17, 15) is 9.59 Å². The van der Waals surface area contributed by atoms with Gasteiger partial charge in [0.25, 0.3) is 5.56 Å². The summed E-state index contributed by atoms with van der Waals surface area (Å²) in [6, 6.07) is 14.7. The number of nitrogens with one attached hydrogen (secondary N) is 1. The summed E-state index contributed by atoms with van der Waals surface area (Å²) >= 11 is 7.53. The molecule has 6 heteroatoms. The van der Waals surface area contributed by atoms with Crippen LogP contribution in [-0.4, -0.2) is 15.3 Å². The first-order chi connectivity index (χ1) is 11.1. The van der Waals surface area contributed by atoms with Crippen LogP contribution in [0.4, 0.5) is 0 Å². The zero-order valence-electron chi connectivity index (χ0n) is 12.3. The van der Waals surface area contributed by atoms with E-state index >= 15 is 0 Å². The summed E-state index contributed by atoms with van der Waals surface area (Å²) in [5, 5.41) is 1.25. The van der Waals surface area contributed by atoms with Gasteiger partial charge in [0.1, 0.15) is 0 Å². The predicted molar refractivity (Wildman–Crippen MR) is 96.4 cm³/mol. The number of benzene rings is 2. The highest BCUT2D eigenvalue weighted by molar-refractivity contribution is 7.98. The van der Waals surface area contributed by atoms with Crippen LogP contribution in [0.2, 0.25) is 5.02 Å². The lowest BCUT2D eigenvalue weighted by atomic mass is 10.2. The van der Waals surface area contributed by atoms with Crippen molar-refractivity contribution in [1.29, 1.82) is 0 Å². The Morgan fingerprint density at radius 3 is 2.57 bits per heavy atom. The average Bonchev–Trinajstić information content (AvgIpc) is 2.55. The molecule has 1 N–H and O–H groups in total. The van der Waals surface area contributed by atoms with Gasteiger partial charge in [-0.2, -0.15) is 11.8 Å². The molecule has 0 aliphatic carbocycles. The Morgan fingerprint density at radius 2 is 1.78 bits per heavy atom. The van der Waals surface area contributed by atoms with Crippen LogP contribution in [0, 0.1) is 0 Å². The molecule has 0 fully saturated rings. The van der Waals surface area contributed by atoms with E-state index in [1.807, 2.05) is 24.3 Å². The van der Waals surface area contributed by atoms with E-state index in [-0.39, 0.29) is 11.2 Å². The standard InChI is InChI=1S/C17H15ClN2O2S/c18-13-7-5-12(6-8-13)11-23-10-9-20-16(21)14-3-1-2-4-15(14)19-17(20)22/h1-8H,9-11H2,(H,19,22). The summed E-state index contributed by atoms with van der Waals surface area (Å²) in [6.45, 7) is 0.386. The molecule has 3 aromatic rings. The molecule has 0 aliphatic rings. The number of hydrogen-bond acceptors (Lipinski definition) is 3. The normalized spacial score (nSPS) is 11.0. The summed E-state index contributed by atoms with van der Waals surface area (Å²) in [4.78, 5) is 27.2. The number of halogens is 1. The third kappa shape index (κ3) is 3.68. The summed E-state index contributed by atoms with van der Waals surface area (Å²) < 4.78 is 1.26. The number of aromatic nitrogens is 2. The number of nitrogens with zero attached hydrogens (tertiary/aromatic N) is 1. The number of thioether (sulfide) groups is 1. The topological polar surface area (TPSA) is 54.9 Å². The van der Waals surface area contributed by atoms with Crippen LogP contribution < -0.4 is 11.2 Å². The maximum Gasteiger partial charge on any atom is 0.328 e. The van der Waals surface area contributed by atoms with E-state index in [2.05, 4.69) is 4.98 Å². The molecular weight excluding hydrogens is 332 g/mol. The molecule has 0 radical (unpaired) electrons. The first-order valence-electron chi connectivity index (χ1n) is 7.19. The molecule has 0 saturated heterocycles. The monoisotopic (exact) mass is 346 g/mol. The summed E-state index contributed by atoms with van der Waals surface area (Å²) in [7, 11) is 0. The van der Waals surface area contributed by atoms with Gasteiger partial charge in [-0.25, -0.2) is 4.79 Å². The van der Waals surface area contributed by atoms with Gasteiger partial charge in [-0.1, -0.05) is 35.9 Å². The zero-order valence-corrected chi connectivity index (χ0v) is 13.9. The Morgan fingerprint density at radius 1 is 1.04 bits per heavy atom. The van der Waals surface area contributed by atoms with Crippen LogP contribution >= 0.6 is 23.4 Å². The van der Waals surface area contributed by atoms with Crippen LogP contribution in [0.5, 0.6) is 0 Å². The highest BCUT2D eigenvalue weighted by atomic mass is 35.5. The smallest absolute Gasteiger partial charge is 0.307 e. The van der Waals surface area contributed by atoms with Crippen molar-refractivity contribution in [3.05, 3.63) is 80.0 Å². The fourth-order valence-electron chi connectivity index (χ4n) is 2.33. The summed E-state index contributed by atoms with van der Waals surface area (Å²) in [6.07, 6.45) is 0. The lowest BCUT2D eigenvalue weighted by Crippen LogP contribution is -2.35. The third-order valence-electron chi connectivity index (χ3n) is 3.53. The van der Waals surface area contributed by atoms with Gasteiger partial charge in [0.2, 0.25) is 0 Å². The van der Waals surface area contributed by atoms with Gasteiger partial charge >= 0.3 is 5.69 Å². The second-order valence-corrected chi connectivity index (χ2v) is 6.65. The number of fused-ring (bicyclic) bond motifs is 1. The van der Waals surface area contributed by atoms with Gasteiger partial charge in [0.05, 0.1) is 10.9 Å². The second kappa shape index (κ2) is 7.06. The molecule has 0 aliphatic heterocycles. The Hall–Kier alpha value is -1.98. The molecule has 2 aromatic carbocycles. The van der Waals surface area contributed by atoms with Crippen molar-refractivity contribution in [2.75, 3.05) is 5.75 Å². The van der Waals surface area contributed by atoms with E-state index in [0.717, 1.165) is 5.75 Å². The van der Waals surface area contributed by atoms with Crippen LogP contribution in [0.15, 0.2) is 58.1 Å². The van der Waals surface area contributed by atoms with E-state index < -0.39 is 0 Å². The molecule has 1 aromatic heterocycles. The van der Waals surface area contributed by atoms with Gasteiger partial charge in [0, 0.05) is 23.1 Å². The van der Waals surface area contributed by atoms with Crippen LogP contribution in [-0.2, 0) is 12.3 Å². The number of rotatable bonds is 5. The molecule has 118 valence electrons. The maximum absolute atomic E-state index is 12.4. The minimum absolute atomic E-state index is 0.239. The van der Waals surface area contributed by atoms with E-state index in [1.165, 1.54) is 10.1 Å². The molecule has 0 saturated carbocycles. The maximum atomic E-state index is 12.4. The van der Waals surface area contributed by atoms with Crippen LogP contribution in [0.3, 0.4) is 0 Å². The van der Waals surface area contributed by atoms with E-state index in [0.29, 0.717) is 28.2 Å². The Balaban J connectivity index is 1.69. The molecule has 0 atom stereocenters. The van der Waals surface area contributed by atoms with Crippen molar-refractivity contribution < 1.29 is 0 Å². The SMILES string of the molecule is O=c1[nH]c2ccccc2c(=O)n1CCSCc1ccc(Cl)cc1. The Kier molecular flexibility index (Phi) is 4.88. The van der Waals surface area contributed by atoms with Crippen molar-refractivity contribution in [3.63, 3.8) is 0 Å². The van der Waals surface area contributed by atoms with Crippen molar-refractivity contribution in [2.24, 2.45) is 0 Å². The first kappa shape index (κ1) is 15.9. The van der Waals surface area contributed by atoms with Gasteiger partial charge in [-0.05, 0) is 29.8 Å². The van der Waals surface area contributed by atoms with Crippen LogP contribution in [0.25, 0.3) is 10.9 Å². The third-order valence-corrected chi connectivity index (χ3v) is 4.79. The van der Waals surface area contributed by atoms with Crippen molar-refractivity contribution in [3.8, 4) is 0 Å². The van der Waals surface area contributed by atoms with E-state index in [1.54, 1.807) is 36.0 Å². The number of H-pyrrole nitrogens is 1. The van der Waals surface area contributed by atoms with Gasteiger partial charge < -0.3 is 4.98 Å². The van der Waals surface area contributed by atoms with Crippen LogP contribution in [0.1, 0.15) is 5.56 Å². The molecule has 0 spiro atoms. The largest absolute Gasteiger partial charge is 0.328 e.